The summed E-state index contributed by atoms with van der Waals surface area (Å²) in [4.78, 5) is 18.6. The number of fused-ring (bicyclic) bond motifs is 1. The van der Waals surface area contributed by atoms with E-state index in [9.17, 15) is 4.79 Å². The van der Waals surface area contributed by atoms with Gasteiger partial charge in [0, 0.05) is 4.88 Å². The van der Waals surface area contributed by atoms with Crippen LogP contribution in [0.3, 0.4) is 0 Å². The number of ether oxygens (including phenoxy) is 1. The van der Waals surface area contributed by atoms with Gasteiger partial charge in [-0.2, -0.15) is 4.98 Å². The quantitative estimate of drug-likeness (QED) is 0.261. The van der Waals surface area contributed by atoms with E-state index < -0.39 is 0 Å². The van der Waals surface area contributed by atoms with Crippen molar-refractivity contribution < 1.29 is 9.15 Å². The lowest BCUT2D eigenvalue weighted by Crippen LogP contribution is -2.05. The molecule has 4 nitrogen and oxygen atoms in total. The fraction of sp³-hybridized carbons (Fsp3) is 0.520. The summed E-state index contributed by atoms with van der Waals surface area (Å²) in [6.45, 7) is 2.73. The van der Waals surface area contributed by atoms with E-state index in [1.54, 1.807) is 11.3 Å². The summed E-state index contributed by atoms with van der Waals surface area (Å²) in [6, 6.07) is 12.2. The van der Waals surface area contributed by atoms with Crippen molar-refractivity contribution in [3.63, 3.8) is 0 Å². The molecule has 3 rings (SSSR count). The predicted octanol–water partition coefficient (Wildman–Crippen LogP) is 6.94. The molecule has 0 amide bonds. The standard InChI is InChI=1S/C25H33NO3S/c1-2-3-4-5-6-7-8-12-17-21-19-22-23(30-21)26-25(29-24(22)27)28-18-13-16-20-14-10-9-11-15-20/h9-11,14-15,19H,2-8,12-13,16-18H2,1H3. The van der Waals surface area contributed by atoms with Gasteiger partial charge in [0.1, 0.15) is 4.83 Å². The second-order valence-electron chi connectivity index (χ2n) is 7.86. The normalized spacial score (nSPS) is 11.2. The third-order valence-electron chi connectivity index (χ3n) is 5.31. The molecule has 0 radical (unpaired) electrons. The van der Waals surface area contributed by atoms with Crippen molar-refractivity contribution in [2.75, 3.05) is 6.61 Å². The molecule has 0 aliphatic heterocycles. The summed E-state index contributed by atoms with van der Waals surface area (Å²) in [5.41, 5.74) is 0.923. The number of rotatable bonds is 14. The van der Waals surface area contributed by atoms with E-state index >= 15 is 0 Å². The number of hydrogen-bond acceptors (Lipinski definition) is 5. The van der Waals surface area contributed by atoms with Crippen molar-refractivity contribution in [3.8, 4) is 6.08 Å². The van der Waals surface area contributed by atoms with Crippen LogP contribution in [-0.2, 0) is 12.8 Å². The van der Waals surface area contributed by atoms with Crippen molar-refractivity contribution in [1.82, 2.24) is 4.98 Å². The number of benzene rings is 1. The zero-order valence-electron chi connectivity index (χ0n) is 18.0. The van der Waals surface area contributed by atoms with Crippen LogP contribution in [0.5, 0.6) is 6.08 Å². The highest BCUT2D eigenvalue weighted by Gasteiger charge is 2.11. The van der Waals surface area contributed by atoms with E-state index in [4.69, 9.17) is 9.15 Å². The molecule has 162 valence electrons. The molecule has 0 fully saturated rings. The average Bonchev–Trinajstić information content (AvgIpc) is 3.17. The molecule has 0 N–H and O–H groups in total. The minimum Gasteiger partial charge on any atom is -0.450 e. The summed E-state index contributed by atoms with van der Waals surface area (Å²) in [5.74, 6) is 0. The zero-order chi connectivity index (χ0) is 21.0. The molecule has 0 atom stereocenters. The van der Waals surface area contributed by atoms with Crippen LogP contribution in [0, 0.1) is 0 Å². The SMILES string of the molecule is CCCCCCCCCCc1cc2c(=O)oc(OCCCc3ccccc3)nc2s1. The van der Waals surface area contributed by atoms with Crippen LogP contribution >= 0.6 is 11.3 Å². The average molecular weight is 428 g/mol. The first-order chi connectivity index (χ1) is 14.8. The van der Waals surface area contributed by atoms with Gasteiger partial charge in [0.25, 0.3) is 0 Å². The van der Waals surface area contributed by atoms with Crippen LogP contribution in [0.15, 0.2) is 45.6 Å². The molecule has 0 aliphatic rings. The molecule has 1 aromatic carbocycles. The summed E-state index contributed by atoms with van der Waals surface area (Å²) in [5, 5.41) is 0.575. The number of thiophene rings is 1. The fourth-order valence-corrected chi connectivity index (χ4v) is 4.64. The predicted molar refractivity (Wildman–Crippen MR) is 125 cm³/mol. The third kappa shape index (κ3) is 7.28. The Hall–Kier alpha value is -2.14. The number of aromatic nitrogens is 1. The first-order valence-electron chi connectivity index (χ1n) is 11.4. The zero-order valence-corrected chi connectivity index (χ0v) is 18.8. The fourth-order valence-electron chi connectivity index (χ4n) is 3.60. The first-order valence-corrected chi connectivity index (χ1v) is 12.2. The van der Waals surface area contributed by atoms with E-state index in [0.29, 0.717) is 12.0 Å². The molecule has 0 saturated heterocycles. The maximum atomic E-state index is 12.3. The van der Waals surface area contributed by atoms with Crippen LogP contribution in [-0.4, -0.2) is 11.6 Å². The molecule has 3 aromatic rings. The topological polar surface area (TPSA) is 52.3 Å². The lowest BCUT2D eigenvalue weighted by molar-refractivity contribution is 0.214. The van der Waals surface area contributed by atoms with Crippen LogP contribution in [0.2, 0.25) is 0 Å². The van der Waals surface area contributed by atoms with Gasteiger partial charge in [0.2, 0.25) is 0 Å². The Kier molecular flexibility index (Phi) is 9.42. The van der Waals surface area contributed by atoms with Crippen molar-refractivity contribution in [1.29, 1.82) is 0 Å². The lowest BCUT2D eigenvalue weighted by Gasteiger charge is -2.03. The van der Waals surface area contributed by atoms with Crippen molar-refractivity contribution in [2.45, 2.75) is 77.6 Å². The number of hydrogen-bond donors (Lipinski definition) is 0. The van der Waals surface area contributed by atoms with Gasteiger partial charge in [0.05, 0.1) is 12.0 Å². The second-order valence-corrected chi connectivity index (χ2v) is 8.98. The van der Waals surface area contributed by atoms with Gasteiger partial charge in [-0.25, -0.2) is 4.79 Å². The summed E-state index contributed by atoms with van der Waals surface area (Å²) in [7, 11) is 0. The largest absolute Gasteiger partial charge is 0.450 e. The maximum absolute atomic E-state index is 12.3. The molecule has 0 bridgehead atoms. The van der Waals surface area contributed by atoms with Crippen LogP contribution < -0.4 is 10.4 Å². The minimum absolute atomic E-state index is 0.0843. The Morgan fingerprint density at radius 3 is 2.43 bits per heavy atom. The number of nitrogens with zero attached hydrogens (tertiary/aromatic N) is 1. The third-order valence-corrected chi connectivity index (χ3v) is 6.40. The highest BCUT2D eigenvalue weighted by Crippen LogP contribution is 2.25. The highest BCUT2D eigenvalue weighted by molar-refractivity contribution is 7.18. The van der Waals surface area contributed by atoms with Crippen molar-refractivity contribution in [3.05, 3.63) is 57.3 Å². The van der Waals surface area contributed by atoms with Crippen LogP contribution in [0.1, 0.15) is 75.2 Å². The van der Waals surface area contributed by atoms with Gasteiger partial charge in [0.15, 0.2) is 0 Å². The molecule has 0 spiro atoms. The Bertz CT molecular complexity index is 932. The highest BCUT2D eigenvalue weighted by atomic mass is 32.1. The number of unbranched alkanes of at least 4 members (excludes halogenated alkanes) is 7. The van der Waals surface area contributed by atoms with Crippen molar-refractivity contribution >= 4 is 21.6 Å². The van der Waals surface area contributed by atoms with Crippen LogP contribution in [0.25, 0.3) is 10.2 Å². The maximum Gasteiger partial charge on any atom is 0.397 e. The monoisotopic (exact) mass is 427 g/mol. The Labute approximate surface area is 183 Å². The van der Waals surface area contributed by atoms with Gasteiger partial charge in [-0.15, -0.1) is 11.3 Å². The van der Waals surface area contributed by atoms with E-state index in [-0.39, 0.29) is 11.7 Å². The first kappa shape index (κ1) is 22.5. The van der Waals surface area contributed by atoms with Gasteiger partial charge >= 0.3 is 11.7 Å². The molecule has 0 saturated carbocycles. The van der Waals surface area contributed by atoms with E-state index in [2.05, 4.69) is 24.0 Å². The molecule has 2 aromatic heterocycles. The van der Waals surface area contributed by atoms with Gasteiger partial charge in [-0.3, -0.25) is 0 Å². The second kappa shape index (κ2) is 12.5. The Morgan fingerprint density at radius 1 is 0.933 bits per heavy atom. The minimum atomic E-state index is -0.350. The molecule has 2 heterocycles. The Morgan fingerprint density at radius 2 is 1.67 bits per heavy atom. The van der Waals surface area contributed by atoms with Crippen molar-refractivity contribution in [2.24, 2.45) is 0 Å². The molecule has 30 heavy (non-hydrogen) atoms. The summed E-state index contributed by atoms with van der Waals surface area (Å²) in [6.07, 6.45) is 13.3. The molecule has 5 heteroatoms. The summed E-state index contributed by atoms with van der Waals surface area (Å²) >= 11 is 1.59. The molecule has 0 unspecified atom stereocenters. The van der Waals surface area contributed by atoms with Gasteiger partial charge in [-0.1, -0.05) is 82.2 Å². The van der Waals surface area contributed by atoms with Crippen LogP contribution in [0.4, 0.5) is 0 Å². The molecule has 0 aliphatic carbocycles. The van der Waals surface area contributed by atoms with E-state index in [0.717, 1.165) is 30.5 Å². The molecular formula is C25H33NO3S. The number of aryl methyl sites for hydroxylation is 2. The van der Waals surface area contributed by atoms with Gasteiger partial charge in [-0.05, 0) is 37.3 Å². The van der Waals surface area contributed by atoms with E-state index in [1.807, 2.05) is 24.3 Å². The van der Waals surface area contributed by atoms with Gasteiger partial charge < -0.3 is 9.15 Å². The Balaban J connectivity index is 1.43. The summed E-state index contributed by atoms with van der Waals surface area (Å²) < 4.78 is 10.9. The van der Waals surface area contributed by atoms with E-state index in [1.165, 1.54) is 55.4 Å². The smallest absolute Gasteiger partial charge is 0.397 e. The lowest BCUT2D eigenvalue weighted by atomic mass is 10.1. The molecular weight excluding hydrogens is 394 g/mol.